The number of amides is 1. The summed E-state index contributed by atoms with van der Waals surface area (Å²) in [5.74, 6) is -0.512. The Morgan fingerprint density at radius 3 is 2.59 bits per heavy atom. The van der Waals surface area contributed by atoms with Gasteiger partial charge in [-0.25, -0.2) is 0 Å². The number of fused-ring (bicyclic) bond motifs is 1. The van der Waals surface area contributed by atoms with Crippen molar-refractivity contribution in [3.63, 3.8) is 0 Å². The number of rotatable bonds is 6. The van der Waals surface area contributed by atoms with Gasteiger partial charge in [-0.15, -0.1) is 6.58 Å². The Labute approximate surface area is 163 Å². The molecule has 0 saturated carbocycles. The molecule has 6 nitrogen and oxygen atoms in total. The minimum atomic E-state index is -0.500. The van der Waals surface area contributed by atoms with E-state index in [2.05, 4.69) is 30.6 Å². The third-order valence-electron chi connectivity index (χ3n) is 5.00. The van der Waals surface area contributed by atoms with E-state index >= 15 is 0 Å². The van der Waals surface area contributed by atoms with Gasteiger partial charge in [-0.1, -0.05) is 32.1 Å². The highest BCUT2D eigenvalue weighted by molar-refractivity contribution is 5.83. The Hall–Kier alpha value is -1.66. The van der Waals surface area contributed by atoms with E-state index in [1.165, 1.54) is 7.11 Å². The average Bonchev–Trinajstić information content (AvgIpc) is 2.96. The van der Waals surface area contributed by atoms with E-state index in [-0.39, 0.29) is 35.6 Å². The number of nitrogens with zero attached hydrogens (tertiary/aromatic N) is 1. The molecular formula is C21H34N2O4. The third kappa shape index (κ3) is 4.99. The summed E-state index contributed by atoms with van der Waals surface area (Å²) >= 11 is 0. The van der Waals surface area contributed by atoms with Crippen molar-refractivity contribution in [2.24, 2.45) is 11.8 Å². The highest BCUT2D eigenvalue weighted by Crippen LogP contribution is 2.37. The van der Waals surface area contributed by atoms with E-state index in [1.54, 1.807) is 6.08 Å². The number of hydrogen-bond acceptors (Lipinski definition) is 5. The topological polar surface area (TPSA) is 67.9 Å². The normalized spacial score (nSPS) is 29.3. The van der Waals surface area contributed by atoms with E-state index < -0.39 is 12.0 Å². The molecule has 1 fully saturated rings. The summed E-state index contributed by atoms with van der Waals surface area (Å²) in [7, 11) is 1.39. The molecule has 2 aliphatic heterocycles. The van der Waals surface area contributed by atoms with Gasteiger partial charge in [0.2, 0.25) is 5.91 Å². The van der Waals surface area contributed by atoms with Crippen molar-refractivity contribution in [1.29, 1.82) is 0 Å². The fraction of sp³-hybridized carbons (Fsp3) is 0.714. The van der Waals surface area contributed by atoms with Gasteiger partial charge < -0.3 is 14.8 Å². The first kappa shape index (κ1) is 21.6. The molecule has 2 rings (SSSR count). The first-order valence-electron chi connectivity index (χ1n) is 9.69. The van der Waals surface area contributed by atoms with Gasteiger partial charge >= 0.3 is 5.97 Å². The van der Waals surface area contributed by atoms with Crippen LogP contribution >= 0.6 is 0 Å². The van der Waals surface area contributed by atoms with Crippen LogP contribution in [0.15, 0.2) is 24.8 Å². The molecule has 2 aliphatic rings. The van der Waals surface area contributed by atoms with Crippen molar-refractivity contribution < 1.29 is 19.1 Å². The maximum Gasteiger partial charge on any atom is 0.313 e. The van der Waals surface area contributed by atoms with Gasteiger partial charge in [-0.3, -0.25) is 14.5 Å². The maximum atomic E-state index is 13.1. The van der Waals surface area contributed by atoms with Crippen LogP contribution in [0.3, 0.4) is 0 Å². The van der Waals surface area contributed by atoms with Crippen LogP contribution in [-0.4, -0.2) is 60.3 Å². The van der Waals surface area contributed by atoms with Gasteiger partial charge in [0.1, 0.15) is 5.92 Å². The van der Waals surface area contributed by atoms with Crippen molar-refractivity contribution in [3.8, 4) is 0 Å². The molecule has 0 aromatic rings. The van der Waals surface area contributed by atoms with Crippen molar-refractivity contribution in [1.82, 2.24) is 10.2 Å². The summed E-state index contributed by atoms with van der Waals surface area (Å²) in [5, 5.41) is 3.10. The molecule has 1 amide bonds. The van der Waals surface area contributed by atoms with Gasteiger partial charge in [0.15, 0.2) is 0 Å². The summed E-state index contributed by atoms with van der Waals surface area (Å²) in [4.78, 5) is 27.8. The van der Waals surface area contributed by atoms with E-state index in [1.807, 2.05) is 32.9 Å². The molecule has 0 bridgehead atoms. The Bertz CT molecular complexity index is 593. The summed E-state index contributed by atoms with van der Waals surface area (Å²) < 4.78 is 11.1. The van der Waals surface area contributed by atoms with Gasteiger partial charge in [0.25, 0.3) is 0 Å². The minimum absolute atomic E-state index is 0.0177. The summed E-state index contributed by atoms with van der Waals surface area (Å²) in [6.07, 6.45) is 5.66. The van der Waals surface area contributed by atoms with Crippen LogP contribution in [-0.2, 0) is 19.1 Å². The Morgan fingerprint density at radius 1 is 1.41 bits per heavy atom. The standard InChI is InChI=1S/C21H34N2O4/c1-8-15-17(20(25)26-7)18-16(27-15)10-9-11-23(18)14(12-13(2)3)19(24)22-21(4,5)6/h8-10,13-18H,1,11-12H2,2-7H3,(H,22,24)/t14-,15+,16-,17-,18-/m1/s1. The SMILES string of the molecule is C=C[C@@H]1O[C@@H]2C=CCN([C@H](CC(C)C)C(=O)NC(C)(C)C)[C@H]2[C@@H]1C(=O)OC. The number of hydrogen-bond donors (Lipinski definition) is 1. The van der Waals surface area contributed by atoms with Crippen molar-refractivity contribution in [2.45, 2.75) is 70.9 Å². The van der Waals surface area contributed by atoms with E-state index in [9.17, 15) is 9.59 Å². The Balaban J connectivity index is 2.38. The molecule has 27 heavy (non-hydrogen) atoms. The molecule has 0 radical (unpaired) electrons. The molecule has 0 unspecified atom stereocenters. The largest absolute Gasteiger partial charge is 0.469 e. The molecule has 1 N–H and O–H groups in total. The van der Waals surface area contributed by atoms with Crippen LogP contribution in [0.5, 0.6) is 0 Å². The Morgan fingerprint density at radius 2 is 2.07 bits per heavy atom. The van der Waals surface area contributed by atoms with Gasteiger partial charge in [0, 0.05) is 12.1 Å². The zero-order chi connectivity index (χ0) is 20.4. The molecular weight excluding hydrogens is 344 g/mol. The van der Waals surface area contributed by atoms with Crippen LogP contribution in [0.4, 0.5) is 0 Å². The van der Waals surface area contributed by atoms with E-state index in [4.69, 9.17) is 9.47 Å². The number of methoxy groups -OCH3 is 1. The third-order valence-corrected chi connectivity index (χ3v) is 5.00. The van der Waals surface area contributed by atoms with Crippen LogP contribution in [0.25, 0.3) is 0 Å². The first-order chi connectivity index (χ1) is 12.6. The average molecular weight is 379 g/mol. The second kappa shape index (κ2) is 8.57. The minimum Gasteiger partial charge on any atom is -0.469 e. The van der Waals surface area contributed by atoms with Crippen LogP contribution < -0.4 is 5.32 Å². The molecule has 0 aromatic heterocycles. The van der Waals surface area contributed by atoms with Crippen LogP contribution in [0.2, 0.25) is 0 Å². The summed E-state index contributed by atoms with van der Waals surface area (Å²) in [6, 6.07) is -0.596. The van der Waals surface area contributed by atoms with Crippen LogP contribution in [0, 0.1) is 11.8 Å². The summed E-state index contributed by atoms with van der Waals surface area (Å²) in [5.41, 5.74) is -0.324. The lowest BCUT2D eigenvalue weighted by Crippen LogP contribution is -2.60. The summed E-state index contributed by atoms with van der Waals surface area (Å²) in [6.45, 7) is 14.5. The molecule has 1 saturated heterocycles. The van der Waals surface area contributed by atoms with Crippen molar-refractivity contribution in [2.75, 3.05) is 13.7 Å². The highest BCUT2D eigenvalue weighted by atomic mass is 16.5. The predicted octanol–water partition coefficient (Wildman–Crippen LogP) is 2.30. The van der Waals surface area contributed by atoms with Gasteiger partial charge in [0.05, 0.1) is 31.4 Å². The van der Waals surface area contributed by atoms with Gasteiger partial charge in [-0.05, 0) is 33.1 Å². The monoisotopic (exact) mass is 378 g/mol. The Kier molecular flexibility index (Phi) is 6.87. The number of esters is 1. The fourth-order valence-corrected chi connectivity index (χ4v) is 3.98. The van der Waals surface area contributed by atoms with Crippen LogP contribution in [0.1, 0.15) is 41.0 Å². The molecule has 0 spiro atoms. The predicted molar refractivity (Wildman–Crippen MR) is 105 cm³/mol. The number of carbonyl (C=O) groups is 2. The highest BCUT2D eigenvalue weighted by Gasteiger charge is 2.52. The fourth-order valence-electron chi connectivity index (χ4n) is 3.98. The molecule has 0 aromatic carbocycles. The number of nitrogens with one attached hydrogen (secondary N) is 1. The number of ether oxygens (including phenoxy) is 2. The first-order valence-corrected chi connectivity index (χ1v) is 9.69. The van der Waals surface area contributed by atoms with Crippen molar-refractivity contribution >= 4 is 11.9 Å². The molecule has 152 valence electrons. The van der Waals surface area contributed by atoms with Crippen molar-refractivity contribution in [3.05, 3.63) is 24.8 Å². The lowest BCUT2D eigenvalue weighted by atomic mass is 9.87. The molecule has 0 aliphatic carbocycles. The van der Waals surface area contributed by atoms with E-state index in [0.29, 0.717) is 18.9 Å². The van der Waals surface area contributed by atoms with Gasteiger partial charge in [-0.2, -0.15) is 0 Å². The maximum absolute atomic E-state index is 13.1. The smallest absolute Gasteiger partial charge is 0.313 e. The molecule has 6 heteroatoms. The molecule has 5 atom stereocenters. The zero-order valence-corrected chi connectivity index (χ0v) is 17.4. The quantitative estimate of drug-likeness (QED) is 0.567. The molecule has 2 heterocycles. The second-order valence-electron chi connectivity index (χ2n) is 8.85. The number of carbonyl (C=O) groups excluding carboxylic acids is 2. The zero-order valence-electron chi connectivity index (χ0n) is 17.4. The van der Waals surface area contributed by atoms with E-state index in [0.717, 1.165) is 0 Å². The second-order valence-corrected chi connectivity index (χ2v) is 8.85. The lowest BCUT2D eigenvalue weighted by molar-refractivity contribution is -0.149. The lowest BCUT2D eigenvalue weighted by Gasteiger charge is -2.41.